The number of hydrogen-bond donors (Lipinski definition) is 0. The average molecular weight is 452 g/mol. The Morgan fingerprint density at radius 1 is 1.00 bits per heavy atom. The molecule has 33 heavy (non-hydrogen) atoms. The van der Waals surface area contributed by atoms with E-state index in [1.165, 1.54) is 19.3 Å². The second kappa shape index (κ2) is 9.76. The highest BCUT2D eigenvalue weighted by Gasteiger charge is 2.43. The minimum absolute atomic E-state index is 0.137. The number of rotatable bonds is 5. The number of methoxy groups -OCH3 is 1. The molecule has 1 saturated carbocycles. The number of benzene rings is 2. The van der Waals surface area contributed by atoms with Gasteiger partial charge in [-0.2, -0.15) is 0 Å². The van der Waals surface area contributed by atoms with Crippen LogP contribution in [0.4, 0.5) is 0 Å². The summed E-state index contributed by atoms with van der Waals surface area (Å²) in [7, 11) is 1.68. The van der Waals surface area contributed by atoms with E-state index >= 15 is 0 Å². The maximum absolute atomic E-state index is 13.2. The molecule has 2 aliphatic rings. The summed E-state index contributed by atoms with van der Waals surface area (Å²) in [5.74, 6) is 1.62. The first-order valence-corrected chi connectivity index (χ1v) is 12.2. The first-order valence-electron chi connectivity index (χ1n) is 12.2. The summed E-state index contributed by atoms with van der Waals surface area (Å²) in [6, 6.07) is 16.3. The molecule has 2 fully saturated rings. The second-order valence-electron chi connectivity index (χ2n) is 10.3. The summed E-state index contributed by atoms with van der Waals surface area (Å²) in [5.41, 5.74) is 0.795. The van der Waals surface area contributed by atoms with Crippen LogP contribution >= 0.6 is 0 Å². The van der Waals surface area contributed by atoms with Gasteiger partial charge in [0.2, 0.25) is 5.91 Å². The summed E-state index contributed by atoms with van der Waals surface area (Å²) < 4.78 is 18.7. The minimum Gasteiger partial charge on any atom is -0.493 e. The van der Waals surface area contributed by atoms with Gasteiger partial charge >= 0.3 is 0 Å². The first kappa shape index (κ1) is 23.6. The SMILES string of the molecule is COc1ccc(C2(c3ccccc3)CN(C(=O)C(C)(C)C)CCO2)cc1OC1CCCCC1. The Labute approximate surface area is 198 Å². The molecule has 5 heteroatoms. The van der Waals surface area contributed by atoms with Gasteiger partial charge < -0.3 is 19.1 Å². The Kier molecular flexibility index (Phi) is 6.99. The minimum atomic E-state index is -0.767. The highest BCUT2D eigenvalue weighted by Crippen LogP contribution is 2.42. The van der Waals surface area contributed by atoms with E-state index in [4.69, 9.17) is 14.2 Å². The van der Waals surface area contributed by atoms with Gasteiger partial charge in [0.1, 0.15) is 5.60 Å². The predicted octanol–water partition coefficient (Wildman–Crippen LogP) is 5.56. The Morgan fingerprint density at radius 3 is 2.39 bits per heavy atom. The smallest absolute Gasteiger partial charge is 0.228 e. The highest BCUT2D eigenvalue weighted by atomic mass is 16.5. The molecule has 0 spiro atoms. The van der Waals surface area contributed by atoms with Crippen molar-refractivity contribution < 1.29 is 19.0 Å². The Bertz CT molecular complexity index is 946. The third-order valence-electron chi connectivity index (χ3n) is 6.77. The molecule has 1 atom stereocenters. The normalized spacial score (nSPS) is 22.1. The van der Waals surface area contributed by atoms with Gasteiger partial charge in [-0.1, -0.05) is 63.6 Å². The van der Waals surface area contributed by atoms with Crippen molar-refractivity contribution in [3.63, 3.8) is 0 Å². The van der Waals surface area contributed by atoms with Crippen LogP contribution in [-0.2, 0) is 15.1 Å². The molecule has 1 amide bonds. The number of nitrogens with zero attached hydrogens (tertiary/aromatic N) is 1. The van der Waals surface area contributed by atoms with E-state index in [-0.39, 0.29) is 12.0 Å². The lowest BCUT2D eigenvalue weighted by atomic mass is 9.83. The van der Waals surface area contributed by atoms with Gasteiger partial charge in [-0.05, 0) is 48.9 Å². The lowest BCUT2D eigenvalue weighted by molar-refractivity contribution is -0.154. The fourth-order valence-corrected chi connectivity index (χ4v) is 4.98. The quantitative estimate of drug-likeness (QED) is 0.598. The molecular formula is C28H37NO4. The van der Waals surface area contributed by atoms with E-state index in [0.29, 0.717) is 19.7 Å². The lowest BCUT2D eigenvalue weighted by Gasteiger charge is -2.45. The molecule has 0 N–H and O–H groups in total. The molecule has 2 aromatic rings. The first-order chi connectivity index (χ1) is 15.8. The Balaban J connectivity index is 1.75. The molecule has 5 nitrogen and oxygen atoms in total. The fourth-order valence-electron chi connectivity index (χ4n) is 4.98. The number of hydrogen-bond acceptors (Lipinski definition) is 4. The molecule has 1 unspecified atom stereocenters. The van der Waals surface area contributed by atoms with Crippen LogP contribution in [-0.4, -0.2) is 43.7 Å². The summed E-state index contributed by atoms with van der Waals surface area (Å²) in [5, 5.41) is 0. The molecule has 4 rings (SSSR count). The number of amides is 1. The molecule has 1 aliphatic heterocycles. The molecule has 178 valence electrons. The highest BCUT2D eigenvalue weighted by molar-refractivity contribution is 5.81. The molecular weight excluding hydrogens is 414 g/mol. The average Bonchev–Trinajstić information content (AvgIpc) is 2.84. The summed E-state index contributed by atoms with van der Waals surface area (Å²) in [6.07, 6.45) is 6.03. The van der Waals surface area contributed by atoms with E-state index in [1.54, 1.807) is 7.11 Å². The lowest BCUT2D eigenvalue weighted by Crippen LogP contribution is -2.54. The standard InChI is InChI=1S/C28H37NO4/c1-27(2,3)26(30)29-17-18-32-28(20-29,21-11-7-5-8-12-21)22-15-16-24(31-4)25(19-22)33-23-13-9-6-10-14-23/h5,7-8,11-12,15-16,19,23H,6,9-10,13-14,17-18,20H2,1-4H3. The summed E-state index contributed by atoms with van der Waals surface area (Å²) >= 11 is 0. The maximum Gasteiger partial charge on any atom is 0.228 e. The summed E-state index contributed by atoms with van der Waals surface area (Å²) in [6.45, 7) is 7.44. The Morgan fingerprint density at radius 2 is 1.73 bits per heavy atom. The van der Waals surface area contributed by atoms with Crippen molar-refractivity contribution >= 4 is 5.91 Å². The second-order valence-corrected chi connectivity index (χ2v) is 10.3. The Hall–Kier alpha value is -2.53. The van der Waals surface area contributed by atoms with E-state index < -0.39 is 11.0 Å². The zero-order valence-electron chi connectivity index (χ0n) is 20.4. The van der Waals surface area contributed by atoms with Crippen LogP contribution < -0.4 is 9.47 Å². The summed E-state index contributed by atoms with van der Waals surface area (Å²) in [4.78, 5) is 15.2. The molecule has 1 heterocycles. The largest absolute Gasteiger partial charge is 0.493 e. The van der Waals surface area contributed by atoms with Crippen LogP contribution in [0, 0.1) is 5.41 Å². The number of carbonyl (C=O) groups excluding carboxylic acids is 1. The van der Waals surface area contributed by atoms with Gasteiger partial charge in [0, 0.05) is 12.0 Å². The van der Waals surface area contributed by atoms with E-state index in [0.717, 1.165) is 35.5 Å². The van der Waals surface area contributed by atoms with Gasteiger partial charge in [0.05, 0.1) is 26.4 Å². The third-order valence-corrected chi connectivity index (χ3v) is 6.77. The maximum atomic E-state index is 13.2. The van der Waals surface area contributed by atoms with Gasteiger partial charge in [0.25, 0.3) is 0 Å². The van der Waals surface area contributed by atoms with Crippen LogP contribution in [0.2, 0.25) is 0 Å². The van der Waals surface area contributed by atoms with Crippen LogP contribution in [0.3, 0.4) is 0 Å². The van der Waals surface area contributed by atoms with Crippen LogP contribution in [0.5, 0.6) is 11.5 Å². The molecule has 0 radical (unpaired) electrons. The number of ether oxygens (including phenoxy) is 3. The van der Waals surface area contributed by atoms with Crippen LogP contribution in [0.25, 0.3) is 0 Å². The van der Waals surface area contributed by atoms with Crippen molar-refractivity contribution in [3.05, 3.63) is 59.7 Å². The molecule has 0 aromatic heterocycles. The number of carbonyl (C=O) groups is 1. The fraction of sp³-hybridized carbons (Fsp3) is 0.536. The molecule has 1 aliphatic carbocycles. The van der Waals surface area contributed by atoms with Crippen molar-refractivity contribution in [1.29, 1.82) is 0 Å². The number of morpholine rings is 1. The van der Waals surface area contributed by atoms with Crippen molar-refractivity contribution in [2.75, 3.05) is 26.8 Å². The van der Waals surface area contributed by atoms with E-state index in [9.17, 15) is 4.79 Å². The van der Waals surface area contributed by atoms with Crippen molar-refractivity contribution in [1.82, 2.24) is 4.90 Å². The molecule has 0 bridgehead atoms. The predicted molar refractivity (Wildman–Crippen MR) is 130 cm³/mol. The zero-order valence-corrected chi connectivity index (χ0v) is 20.4. The van der Waals surface area contributed by atoms with E-state index in [2.05, 4.69) is 18.2 Å². The topological polar surface area (TPSA) is 48.0 Å². The van der Waals surface area contributed by atoms with Crippen molar-refractivity contribution in [2.45, 2.75) is 64.6 Å². The van der Waals surface area contributed by atoms with Gasteiger partial charge in [-0.15, -0.1) is 0 Å². The van der Waals surface area contributed by atoms with Crippen LogP contribution in [0.1, 0.15) is 64.0 Å². The van der Waals surface area contributed by atoms with Crippen molar-refractivity contribution in [3.8, 4) is 11.5 Å². The van der Waals surface area contributed by atoms with Crippen molar-refractivity contribution in [2.24, 2.45) is 5.41 Å². The molecule has 1 saturated heterocycles. The van der Waals surface area contributed by atoms with Gasteiger partial charge in [-0.25, -0.2) is 0 Å². The van der Waals surface area contributed by atoms with E-state index in [1.807, 2.05) is 56.0 Å². The third kappa shape index (κ3) is 5.03. The van der Waals surface area contributed by atoms with Crippen LogP contribution in [0.15, 0.2) is 48.5 Å². The molecule has 2 aromatic carbocycles. The van der Waals surface area contributed by atoms with Gasteiger partial charge in [0.15, 0.2) is 11.5 Å². The monoisotopic (exact) mass is 451 g/mol. The zero-order chi connectivity index (χ0) is 23.5. The van der Waals surface area contributed by atoms with Gasteiger partial charge in [-0.3, -0.25) is 4.79 Å².